The number of fused-ring (bicyclic) bond motifs is 5. The predicted molar refractivity (Wildman–Crippen MR) is 193 cm³/mol. The largest absolute Gasteiger partial charge is 0.494 e. The van der Waals surface area contributed by atoms with E-state index < -0.39 is 0 Å². The number of ether oxygens (including phenoxy) is 2. The number of nitrogens with zero attached hydrogens (tertiary/aromatic N) is 3. The average molecular weight is 691 g/mol. The van der Waals surface area contributed by atoms with Crippen LogP contribution in [0.4, 0.5) is 10.5 Å². The van der Waals surface area contributed by atoms with E-state index >= 15 is 0 Å². The Morgan fingerprint density at radius 2 is 1.83 bits per heavy atom. The van der Waals surface area contributed by atoms with Gasteiger partial charge in [0.15, 0.2) is 0 Å². The van der Waals surface area contributed by atoms with Crippen molar-refractivity contribution in [3.8, 4) is 11.5 Å². The molecule has 1 N–H and O–H groups in total. The van der Waals surface area contributed by atoms with Crippen LogP contribution in [0.5, 0.6) is 11.5 Å². The standard InChI is InChI=1S/C36H39ClN4O4S2/c37-19-25-20-41(35(42)30-17-24-16-26(9-10-29(24)38-30)44-15-5-13-39-11-4-12-39)31-18-33(27-7-1-2-8-28(27)34(25)31)45-36(43)40-14-3-6-23-21-46-47-22-32(23)40/h1-2,7-10,16-18,23,25,32,38H,3-6,11-15,19-22H2/t23-,25-,32+/m1/s1. The first kappa shape index (κ1) is 31.2. The Labute approximate surface area is 287 Å². The molecule has 1 aromatic heterocycles. The summed E-state index contributed by atoms with van der Waals surface area (Å²) in [5, 5.41) is 2.74. The third-order valence-electron chi connectivity index (χ3n) is 10.2. The number of likely N-dealkylation sites (tertiary alicyclic amines) is 2. The Morgan fingerprint density at radius 1 is 0.979 bits per heavy atom. The Balaban J connectivity index is 1.06. The van der Waals surface area contributed by atoms with Gasteiger partial charge in [0.1, 0.15) is 17.2 Å². The number of H-pyrrole nitrogens is 1. The second kappa shape index (κ2) is 13.5. The van der Waals surface area contributed by atoms with E-state index in [1.165, 1.54) is 19.5 Å². The van der Waals surface area contributed by atoms with Crippen molar-refractivity contribution >= 4 is 72.6 Å². The number of aromatic amines is 1. The number of rotatable bonds is 8. The molecule has 0 unspecified atom stereocenters. The summed E-state index contributed by atoms with van der Waals surface area (Å²) in [5.41, 5.74) is 3.14. The maximum Gasteiger partial charge on any atom is 0.415 e. The summed E-state index contributed by atoms with van der Waals surface area (Å²) in [6.07, 6.45) is 4.13. The molecular formula is C36H39ClN4O4S2. The van der Waals surface area contributed by atoms with Gasteiger partial charge in [-0.05, 0) is 79.9 Å². The number of hydrogen-bond donors (Lipinski definition) is 1. The molecule has 246 valence electrons. The van der Waals surface area contributed by atoms with Gasteiger partial charge < -0.3 is 29.2 Å². The van der Waals surface area contributed by atoms with Gasteiger partial charge in [0.25, 0.3) is 5.91 Å². The van der Waals surface area contributed by atoms with Crippen molar-refractivity contribution in [3.05, 3.63) is 65.9 Å². The zero-order chi connectivity index (χ0) is 31.9. The van der Waals surface area contributed by atoms with Crippen LogP contribution < -0.4 is 14.4 Å². The highest BCUT2D eigenvalue weighted by Crippen LogP contribution is 2.47. The summed E-state index contributed by atoms with van der Waals surface area (Å²) >= 11 is 6.55. The van der Waals surface area contributed by atoms with Crippen molar-refractivity contribution in [2.45, 2.75) is 37.6 Å². The highest BCUT2D eigenvalue weighted by molar-refractivity contribution is 8.76. The quantitative estimate of drug-likeness (QED) is 0.115. The van der Waals surface area contributed by atoms with E-state index in [1.807, 2.05) is 81.1 Å². The van der Waals surface area contributed by atoms with Gasteiger partial charge in [0.2, 0.25) is 0 Å². The van der Waals surface area contributed by atoms with Gasteiger partial charge in [0.05, 0.1) is 12.3 Å². The van der Waals surface area contributed by atoms with Gasteiger partial charge >= 0.3 is 6.09 Å². The van der Waals surface area contributed by atoms with Crippen LogP contribution in [-0.4, -0.2) is 89.5 Å². The highest BCUT2D eigenvalue weighted by atomic mass is 35.5. The molecule has 4 aromatic rings. The third-order valence-corrected chi connectivity index (χ3v) is 13.1. The van der Waals surface area contributed by atoms with Crippen LogP contribution in [0.1, 0.15) is 47.7 Å². The van der Waals surface area contributed by atoms with Gasteiger partial charge in [0, 0.05) is 71.3 Å². The number of benzene rings is 3. The molecule has 5 heterocycles. The number of halogens is 1. The molecule has 4 aliphatic heterocycles. The molecule has 4 aliphatic rings. The number of carbonyl (C=O) groups excluding carboxylic acids is 2. The number of amides is 2. The molecule has 0 radical (unpaired) electrons. The third kappa shape index (κ3) is 6.07. The lowest BCUT2D eigenvalue weighted by molar-refractivity contribution is 0.0984. The molecule has 0 spiro atoms. The maximum absolute atomic E-state index is 14.2. The second-order valence-electron chi connectivity index (χ2n) is 13.0. The van der Waals surface area contributed by atoms with Crippen molar-refractivity contribution in [2.75, 3.05) is 61.6 Å². The monoisotopic (exact) mass is 690 g/mol. The lowest BCUT2D eigenvalue weighted by Gasteiger charge is -2.42. The Bertz CT molecular complexity index is 1810. The normalized spacial score (nSPS) is 22.6. The van der Waals surface area contributed by atoms with Crippen molar-refractivity contribution in [1.82, 2.24) is 14.8 Å². The Morgan fingerprint density at radius 3 is 2.66 bits per heavy atom. The number of alkyl halides is 1. The highest BCUT2D eigenvalue weighted by Gasteiger charge is 2.39. The van der Waals surface area contributed by atoms with Crippen LogP contribution in [-0.2, 0) is 0 Å². The lowest BCUT2D eigenvalue weighted by Crippen LogP contribution is -2.52. The minimum atomic E-state index is -0.309. The smallest absolute Gasteiger partial charge is 0.415 e. The van der Waals surface area contributed by atoms with Crippen LogP contribution in [0.15, 0.2) is 54.6 Å². The molecule has 3 atom stereocenters. The van der Waals surface area contributed by atoms with Gasteiger partial charge in [-0.2, -0.15) is 0 Å². The van der Waals surface area contributed by atoms with Gasteiger partial charge in [-0.3, -0.25) is 4.79 Å². The fourth-order valence-corrected chi connectivity index (χ4v) is 10.7. The number of piperidine rings is 1. The van der Waals surface area contributed by atoms with Crippen molar-refractivity contribution in [2.24, 2.45) is 5.92 Å². The molecule has 0 aliphatic carbocycles. The molecule has 8 rings (SSSR count). The fraction of sp³-hybridized carbons (Fsp3) is 0.444. The molecule has 3 saturated heterocycles. The molecule has 3 fully saturated rings. The first-order valence-corrected chi connectivity index (χ1v) is 19.7. The molecule has 2 amide bonds. The summed E-state index contributed by atoms with van der Waals surface area (Å²) < 4.78 is 12.3. The Kier molecular flexibility index (Phi) is 8.94. The number of carbonyl (C=O) groups is 2. The van der Waals surface area contributed by atoms with E-state index in [4.69, 9.17) is 21.1 Å². The minimum absolute atomic E-state index is 0.0504. The summed E-state index contributed by atoms with van der Waals surface area (Å²) in [6, 6.07) is 17.9. The molecule has 0 bridgehead atoms. The zero-order valence-electron chi connectivity index (χ0n) is 26.3. The predicted octanol–water partition coefficient (Wildman–Crippen LogP) is 7.75. The van der Waals surface area contributed by atoms with E-state index in [1.54, 1.807) is 4.90 Å². The molecule has 3 aromatic carbocycles. The van der Waals surface area contributed by atoms with E-state index in [2.05, 4.69) is 9.88 Å². The summed E-state index contributed by atoms with van der Waals surface area (Å²) in [4.78, 5) is 37.4. The first-order valence-electron chi connectivity index (χ1n) is 16.7. The minimum Gasteiger partial charge on any atom is -0.494 e. The number of aromatic nitrogens is 1. The van der Waals surface area contributed by atoms with Crippen LogP contribution in [0.3, 0.4) is 0 Å². The second-order valence-corrected chi connectivity index (χ2v) is 15.9. The first-order chi connectivity index (χ1) is 23.1. The van der Waals surface area contributed by atoms with Crippen molar-refractivity contribution in [1.29, 1.82) is 0 Å². The van der Waals surface area contributed by atoms with Crippen molar-refractivity contribution < 1.29 is 19.1 Å². The summed E-state index contributed by atoms with van der Waals surface area (Å²) in [5.74, 6) is 3.95. The summed E-state index contributed by atoms with van der Waals surface area (Å²) in [6.45, 7) is 5.28. The SMILES string of the molecule is O=C(c1cc2cc(OCCCN3CCC3)ccc2[nH]1)N1C[C@@H](CCl)c2c1cc(OC(=O)N1CCC[C@@H]3CSSC[C@@H]31)c1ccccc21. The number of hydrogen-bond acceptors (Lipinski definition) is 7. The van der Waals surface area contributed by atoms with Gasteiger partial charge in [-0.1, -0.05) is 45.9 Å². The van der Waals surface area contributed by atoms with Crippen LogP contribution in [0.25, 0.3) is 21.7 Å². The van der Waals surface area contributed by atoms with E-state index in [0.717, 1.165) is 76.0 Å². The maximum atomic E-state index is 14.2. The van der Waals surface area contributed by atoms with E-state index in [-0.39, 0.29) is 24.0 Å². The lowest BCUT2D eigenvalue weighted by atomic mass is 9.92. The van der Waals surface area contributed by atoms with Gasteiger partial charge in [-0.15, -0.1) is 11.6 Å². The van der Waals surface area contributed by atoms with E-state index in [9.17, 15) is 9.59 Å². The van der Waals surface area contributed by atoms with Crippen LogP contribution in [0.2, 0.25) is 0 Å². The summed E-state index contributed by atoms with van der Waals surface area (Å²) in [7, 11) is 3.75. The molecule has 8 nitrogen and oxygen atoms in total. The Hall–Kier alpha value is -3.05. The van der Waals surface area contributed by atoms with Crippen LogP contribution in [0, 0.1) is 5.92 Å². The molecule has 11 heteroatoms. The van der Waals surface area contributed by atoms with Crippen molar-refractivity contribution in [3.63, 3.8) is 0 Å². The molecular weight excluding hydrogens is 652 g/mol. The topological polar surface area (TPSA) is 78.1 Å². The fourth-order valence-electron chi connectivity index (χ4n) is 7.55. The van der Waals surface area contributed by atoms with Gasteiger partial charge in [-0.25, -0.2) is 4.79 Å². The average Bonchev–Trinajstić information content (AvgIpc) is 3.68. The molecule has 0 saturated carbocycles. The zero-order valence-corrected chi connectivity index (χ0v) is 28.7. The number of nitrogens with one attached hydrogen (secondary N) is 1. The van der Waals surface area contributed by atoms with Crippen LogP contribution >= 0.6 is 33.2 Å². The van der Waals surface area contributed by atoms with E-state index in [0.29, 0.717) is 42.9 Å². The molecule has 47 heavy (non-hydrogen) atoms. The number of anilines is 1.